The Morgan fingerprint density at radius 3 is 0.651 bits per heavy atom. The van der Waals surface area contributed by atoms with Crippen molar-refractivity contribution in [1.82, 2.24) is 9.13 Å². The van der Waals surface area contributed by atoms with Crippen LogP contribution >= 0.6 is 0 Å². The Morgan fingerprint density at radius 2 is 0.326 bits per heavy atom. The average molecular weight is 1090 g/mol. The van der Waals surface area contributed by atoms with E-state index in [9.17, 15) is 0 Å². The predicted molar refractivity (Wildman–Crippen MR) is 372 cm³/mol. The Kier molecular flexibility index (Phi) is 9.21. The summed E-state index contributed by atoms with van der Waals surface area (Å²) < 4.78 is 4.93. The van der Waals surface area contributed by atoms with Gasteiger partial charge in [0.1, 0.15) is 0 Å². The first-order valence-corrected chi connectivity index (χ1v) is 30.0. The number of hydrogen-bond donors (Lipinski definition) is 0. The van der Waals surface area contributed by atoms with Crippen LogP contribution in [0.1, 0.15) is 0 Å². The maximum atomic E-state index is 2.50. The van der Waals surface area contributed by atoms with E-state index in [1.807, 2.05) is 0 Å². The van der Waals surface area contributed by atoms with Gasteiger partial charge in [-0.2, -0.15) is 0 Å². The largest absolute Gasteiger partial charge is 0.309 e. The first-order chi connectivity index (χ1) is 42.7. The minimum atomic E-state index is 1.12. The summed E-state index contributed by atoms with van der Waals surface area (Å²) in [5, 5.41) is 37.3. The third-order valence-electron chi connectivity index (χ3n) is 19.6. The maximum Gasteiger partial charge on any atom is 0.0542 e. The normalized spacial score (nSPS) is 12.4. The van der Waals surface area contributed by atoms with Gasteiger partial charge in [-0.3, -0.25) is 0 Å². The molecule has 0 aliphatic heterocycles. The molecule has 0 radical (unpaired) electrons. The average Bonchev–Trinajstić information content (AvgIpc) is 1.14. The number of aromatic nitrogens is 2. The molecule has 0 unspecified atom stereocenters. The van der Waals surface area contributed by atoms with Crippen LogP contribution < -0.4 is 0 Å². The summed E-state index contributed by atoms with van der Waals surface area (Å²) in [6.45, 7) is 0. The van der Waals surface area contributed by atoms with Crippen LogP contribution in [0.25, 0.3) is 195 Å². The van der Waals surface area contributed by atoms with Crippen molar-refractivity contribution in [1.29, 1.82) is 0 Å². The van der Waals surface area contributed by atoms with Gasteiger partial charge in [0.05, 0.1) is 22.1 Å². The van der Waals surface area contributed by atoms with Gasteiger partial charge in [-0.1, -0.05) is 243 Å². The van der Waals surface area contributed by atoms with Gasteiger partial charge >= 0.3 is 0 Å². The van der Waals surface area contributed by atoms with Crippen LogP contribution in [0.5, 0.6) is 0 Å². The highest BCUT2D eigenvalue weighted by Gasteiger charge is 2.23. The van der Waals surface area contributed by atoms with E-state index in [2.05, 4.69) is 300 Å². The zero-order valence-electron chi connectivity index (χ0n) is 46.6. The number of hydrogen-bond acceptors (Lipinski definition) is 0. The highest BCUT2D eigenvalue weighted by atomic mass is 15.0. The highest BCUT2D eigenvalue weighted by Crippen LogP contribution is 2.50. The molecule has 0 fully saturated rings. The van der Waals surface area contributed by atoms with E-state index in [0.29, 0.717) is 0 Å². The summed E-state index contributed by atoms with van der Waals surface area (Å²) in [4.78, 5) is 0. The molecule has 2 aromatic heterocycles. The summed E-state index contributed by atoms with van der Waals surface area (Å²) in [7, 11) is 0. The van der Waals surface area contributed by atoms with Crippen LogP contribution in [-0.2, 0) is 0 Å². The molecule has 2 nitrogen and oxygen atoms in total. The van der Waals surface area contributed by atoms with E-state index >= 15 is 0 Å². The van der Waals surface area contributed by atoms with E-state index in [1.54, 1.807) is 0 Å². The summed E-state index contributed by atoms with van der Waals surface area (Å²) in [6.07, 6.45) is 0. The lowest BCUT2D eigenvalue weighted by atomic mass is 9.84. The molecular formula is C84H48N2. The van der Waals surface area contributed by atoms with Gasteiger partial charge in [0.25, 0.3) is 0 Å². The van der Waals surface area contributed by atoms with E-state index in [4.69, 9.17) is 0 Å². The van der Waals surface area contributed by atoms with Gasteiger partial charge in [-0.05, 0) is 189 Å². The lowest BCUT2D eigenvalue weighted by Crippen LogP contribution is -1.96. The van der Waals surface area contributed by atoms with Gasteiger partial charge in [-0.25, -0.2) is 0 Å². The molecule has 0 aliphatic rings. The summed E-state index contributed by atoms with van der Waals surface area (Å²) in [5.74, 6) is 0. The van der Waals surface area contributed by atoms with Crippen LogP contribution in [0.15, 0.2) is 291 Å². The maximum absolute atomic E-state index is 2.50. The van der Waals surface area contributed by atoms with Crippen molar-refractivity contribution in [3.8, 4) is 11.4 Å². The molecule has 0 saturated heterocycles. The Balaban J connectivity index is 0.973. The molecule has 0 N–H and O–H groups in total. The van der Waals surface area contributed by atoms with Crippen molar-refractivity contribution in [2.45, 2.75) is 0 Å². The smallest absolute Gasteiger partial charge is 0.0542 e. The standard InChI is InChI=1S/C84H48N2/c1-4-22-54-51(19-1)52-20-2-5-23-55(52)62-29-14-32-65-68-35-17-37-70-71-38-18-39-72-73-47-49(86-77-42-12-9-27-60(77)74-48-50(44-46-78(74)86)85-75-40-10-7-25-58(75)59-26-8-11-41-76(59)85)43-45-57(73)53-21-3-6-24-56(53)63-30-15-33-66(81(63)84(71)72)69-36-16-34-67(82(69)83(68)70)64-31-13-28-61(54)79(64)80(62)65/h1-48H. The first kappa shape index (κ1) is 46.2. The fraction of sp³-hybridized carbons (Fsp3) is 0. The van der Waals surface area contributed by atoms with Crippen molar-refractivity contribution in [3.05, 3.63) is 291 Å². The minimum absolute atomic E-state index is 1.12. The van der Waals surface area contributed by atoms with Crippen molar-refractivity contribution < 1.29 is 0 Å². The molecular weight excluding hydrogens is 1040 g/mol. The monoisotopic (exact) mass is 1080 g/mol. The quantitative estimate of drug-likeness (QED) is 0.163. The first-order valence-electron chi connectivity index (χ1n) is 30.0. The van der Waals surface area contributed by atoms with E-state index in [0.717, 1.165) is 11.4 Å². The Hall–Kier alpha value is -11.3. The molecule has 2 heteroatoms. The molecule has 20 aromatic rings. The number of fused-ring (bicyclic) bond motifs is 20. The summed E-state index contributed by atoms with van der Waals surface area (Å²) in [5.41, 5.74) is 7.03. The zero-order valence-corrected chi connectivity index (χ0v) is 46.6. The summed E-state index contributed by atoms with van der Waals surface area (Å²) >= 11 is 0. The number of nitrogens with zero attached hydrogens (tertiary/aromatic N) is 2. The lowest BCUT2D eigenvalue weighted by molar-refractivity contribution is 1.17. The Labute approximate surface area is 492 Å². The van der Waals surface area contributed by atoms with Gasteiger partial charge < -0.3 is 9.13 Å². The van der Waals surface area contributed by atoms with Crippen LogP contribution in [0.3, 0.4) is 0 Å². The number of rotatable bonds is 2. The lowest BCUT2D eigenvalue weighted by Gasteiger charge is -2.19. The van der Waals surface area contributed by atoms with Crippen LogP contribution in [0.4, 0.5) is 0 Å². The van der Waals surface area contributed by atoms with Crippen LogP contribution in [-0.4, -0.2) is 9.13 Å². The topological polar surface area (TPSA) is 9.86 Å². The molecule has 0 amide bonds. The van der Waals surface area contributed by atoms with Crippen LogP contribution in [0.2, 0.25) is 0 Å². The molecule has 0 bridgehead atoms. The van der Waals surface area contributed by atoms with Crippen molar-refractivity contribution in [2.24, 2.45) is 0 Å². The second kappa shape index (κ2) is 17.1. The predicted octanol–water partition coefficient (Wildman–Crippen LogP) is 23.4. The van der Waals surface area contributed by atoms with Crippen molar-refractivity contribution >= 4 is 184 Å². The van der Waals surface area contributed by atoms with Gasteiger partial charge in [0.15, 0.2) is 0 Å². The van der Waals surface area contributed by atoms with Crippen LogP contribution in [0, 0.1) is 0 Å². The van der Waals surface area contributed by atoms with E-state index < -0.39 is 0 Å². The molecule has 86 heavy (non-hydrogen) atoms. The molecule has 2 heterocycles. The fourth-order valence-electron chi connectivity index (χ4n) is 16.2. The van der Waals surface area contributed by atoms with Gasteiger partial charge in [0, 0.05) is 32.9 Å². The second-order valence-corrected chi connectivity index (χ2v) is 23.7. The molecule has 0 aliphatic carbocycles. The fourth-order valence-corrected chi connectivity index (χ4v) is 16.2. The third kappa shape index (κ3) is 6.04. The molecule has 0 spiro atoms. The SMILES string of the molecule is c1ccc2c(c1)c1ccccc1c1cccc3c4cccc5c6cccc7c8cc(-n9c%10ccccc%10c%10cc(-n%11c%12ccccc%12c%12ccccc%12%11)ccc%109)ccc8c8ccccc8c8cccc(c9cccc(c%10cccc2c%10c13)c9c45)c8c76. The summed E-state index contributed by atoms with van der Waals surface area (Å²) in [6, 6.07) is 111. The number of para-hydroxylation sites is 3. The van der Waals surface area contributed by atoms with E-state index in [-0.39, 0.29) is 0 Å². The van der Waals surface area contributed by atoms with Gasteiger partial charge in [0.2, 0.25) is 0 Å². The zero-order chi connectivity index (χ0) is 55.9. The Bertz CT molecular complexity index is 6460. The minimum Gasteiger partial charge on any atom is -0.309 e. The molecule has 394 valence electrons. The molecule has 18 aromatic carbocycles. The molecule has 20 rings (SSSR count). The number of benzene rings is 14. The highest BCUT2D eigenvalue weighted by molar-refractivity contribution is 6.45. The van der Waals surface area contributed by atoms with E-state index in [1.165, 1.54) is 184 Å². The van der Waals surface area contributed by atoms with Gasteiger partial charge in [-0.15, -0.1) is 0 Å². The third-order valence-corrected chi connectivity index (χ3v) is 19.6. The Morgan fingerprint density at radius 1 is 0.128 bits per heavy atom. The molecule has 0 atom stereocenters. The molecule has 0 saturated carbocycles. The van der Waals surface area contributed by atoms with Crippen molar-refractivity contribution in [2.75, 3.05) is 0 Å². The van der Waals surface area contributed by atoms with Crippen molar-refractivity contribution in [3.63, 3.8) is 0 Å². The second-order valence-electron chi connectivity index (χ2n) is 23.7.